The second kappa shape index (κ2) is 3.71. The Morgan fingerprint density at radius 3 is 2.14 bits per heavy atom. The first-order chi connectivity index (χ1) is 6.39. The number of methoxy groups -OCH3 is 1. The number of rotatable bonds is 3. The largest absolute Gasteiger partial charge is 0.469 e. The minimum absolute atomic E-state index is 0.170. The molecule has 0 saturated heterocycles. The van der Waals surface area contributed by atoms with E-state index in [1.807, 2.05) is 13.8 Å². The van der Waals surface area contributed by atoms with Gasteiger partial charge in [-0.25, -0.2) is 0 Å². The Hall–Kier alpha value is -0.860. The lowest BCUT2D eigenvalue weighted by Crippen LogP contribution is -2.43. The van der Waals surface area contributed by atoms with Gasteiger partial charge in [0.15, 0.2) is 0 Å². The highest BCUT2D eigenvalue weighted by atomic mass is 16.5. The van der Waals surface area contributed by atoms with E-state index in [4.69, 9.17) is 4.74 Å². The van der Waals surface area contributed by atoms with Crippen LogP contribution in [0.1, 0.15) is 33.6 Å². The second-order valence-corrected chi connectivity index (χ2v) is 4.69. The van der Waals surface area contributed by atoms with Crippen LogP contribution in [0.2, 0.25) is 0 Å². The van der Waals surface area contributed by atoms with E-state index in [9.17, 15) is 9.59 Å². The molecule has 0 aromatic rings. The van der Waals surface area contributed by atoms with Crippen LogP contribution in [0.3, 0.4) is 0 Å². The number of ether oxygens (including phenoxy) is 1. The third kappa shape index (κ3) is 1.81. The zero-order valence-corrected chi connectivity index (χ0v) is 9.29. The summed E-state index contributed by atoms with van der Waals surface area (Å²) >= 11 is 0. The van der Waals surface area contributed by atoms with Crippen molar-refractivity contribution in [2.75, 3.05) is 7.11 Å². The Morgan fingerprint density at radius 1 is 1.29 bits per heavy atom. The summed E-state index contributed by atoms with van der Waals surface area (Å²) in [6, 6.07) is 0. The van der Waals surface area contributed by atoms with Gasteiger partial charge < -0.3 is 4.74 Å². The quantitative estimate of drug-likeness (QED) is 0.649. The molecule has 0 unspecified atom stereocenters. The SMILES string of the molecule is COC(=O)C(C)(C)C1CC(C(C)=O)C1. The van der Waals surface area contributed by atoms with Gasteiger partial charge in [0.2, 0.25) is 0 Å². The third-order valence-electron chi connectivity index (χ3n) is 3.45. The van der Waals surface area contributed by atoms with Gasteiger partial charge in [0.1, 0.15) is 5.78 Å². The summed E-state index contributed by atoms with van der Waals surface area (Å²) in [6.45, 7) is 5.39. The van der Waals surface area contributed by atoms with Crippen molar-refractivity contribution in [3.63, 3.8) is 0 Å². The van der Waals surface area contributed by atoms with Crippen molar-refractivity contribution < 1.29 is 14.3 Å². The fourth-order valence-electron chi connectivity index (χ4n) is 1.97. The number of Topliss-reactive ketones (excluding diaryl/α,β-unsaturated/α-hetero) is 1. The maximum atomic E-state index is 11.4. The third-order valence-corrected chi connectivity index (χ3v) is 3.45. The minimum atomic E-state index is -0.444. The molecule has 0 bridgehead atoms. The Balaban J connectivity index is 2.53. The topological polar surface area (TPSA) is 43.4 Å². The average molecular weight is 198 g/mol. The van der Waals surface area contributed by atoms with Crippen LogP contribution < -0.4 is 0 Å². The molecule has 14 heavy (non-hydrogen) atoms. The molecule has 80 valence electrons. The molecule has 1 saturated carbocycles. The van der Waals surface area contributed by atoms with Gasteiger partial charge in [-0.05, 0) is 39.5 Å². The highest BCUT2D eigenvalue weighted by Crippen LogP contribution is 2.46. The molecule has 1 fully saturated rings. The highest BCUT2D eigenvalue weighted by molar-refractivity contribution is 5.81. The molecule has 0 spiro atoms. The fraction of sp³-hybridized carbons (Fsp3) is 0.818. The zero-order chi connectivity index (χ0) is 10.9. The molecular formula is C11H18O3. The van der Waals surface area contributed by atoms with Gasteiger partial charge in [-0.15, -0.1) is 0 Å². The molecule has 0 aromatic carbocycles. The van der Waals surface area contributed by atoms with Gasteiger partial charge in [0.25, 0.3) is 0 Å². The Bertz CT molecular complexity index is 249. The normalized spacial score (nSPS) is 26.6. The molecule has 1 rings (SSSR count). The maximum Gasteiger partial charge on any atom is 0.311 e. The molecule has 0 N–H and O–H groups in total. The zero-order valence-electron chi connectivity index (χ0n) is 9.29. The van der Waals surface area contributed by atoms with Gasteiger partial charge >= 0.3 is 5.97 Å². The Labute approximate surface area is 84.8 Å². The summed E-state index contributed by atoms with van der Waals surface area (Å²) in [7, 11) is 1.41. The predicted octanol–water partition coefficient (Wildman–Crippen LogP) is 1.80. The maximum absolute atomic E-state index is 11.4. The summed E-state index contributed by atoms with van der Waals surface area (Å²) in [5, 5.41) is 0. The smallest absolute Gasteiger partial charge is 0.311 e. The van der Waals surface area contributed by atoms with Crippen LogP contribution in [-0.4, -0.2) is 18.9 Å². The van der Waals surface area contributed by atoms with E-state index in [0.717, 1.165) is 12.8 Å². The molecule has 0 atom stereocenters. The summed E-state index contributed by atoms with van der Waals surface area (Å²) in [6.07, 6.45) is 1.66. The van der Waals surface area contributed by atoms with E-state index in [1.165, 1.54) is 7.11 Å². The number of ketones is 1. The van der Waals surface area contributed by atoms with Crippen molar-refractivity contribution in [2.24, 2.45) is 17.3 Å². The lowest BCUT2D eigenvalue weighted by Gasteiger charge is -2.42. The van der Waals surface area contributed by atoms with Gasteiger partial charge in [-0.2, -0.15) is 0 Å². The van der Waals surface area contributed by atoms with Crippen LogP contribution in [-0.2, 0) is 14.3 Å². The number of esters is 1. The van der Waals surface area contributed by atoms with Crippen LogP contribution in [0.15, 0.2) is 0 Å². The molecule has 0 radical (unpaired) electrons. The van der Waals surface area contributed by atoms with Crippen molar-refractivity contribution in [1.82, 2.24) is 0 Å². The van der Waals surface area contributed by atoms with E-state index in [1.54, 1.807) is 6.92 Å². The molecule has 1 aliphatic rings. The number of hydrogen-bond donors (Lipinski definition) is 0. The van der Waals surface area contributed by atoms with Crippen molar-refractivity contribution in [1.29, 1.82) is 0 Å². The highest BCUT2D eigenvalue weighted by Gasteiger charge is 2.46. The number of carbonyl (C=O) groups is 2. The summed E-state index contributed by atoms with van der Waals surface area (Å²) < 4.78 is 4.74. The Morgan fingerprint density at radius 2 is 1.79 bits per heavy atom. The van der Waals surface area contributed by atoms with E-state index in [0.29, 0.717) is 5.92 Å². The number of hydrogen-bond acceptors (Lipinski definition) is 3. The molecule has 0 aromatic heterocycles. The molecular weight excluding hydrogens is 180 g/mol. The van der Waals surface area contributed by atoms with Crippen molar-refractivity contribution in [2.45, 2.75) is 33.6 Å². The van der Waals surface area contributed by atoms with Gasteiger partial charge in [-0.3, -0.25) is 9.59 Å². The van der Waals surface area contributed by atoms with E-state index in [2.05, 4.69) is 0 Å². The van der Waals surface area contributed by atoms with E-state index >= 15 is 0 Å². The van der Waals surface area contributed by atoms with Crippen LogP contribution in [0.5, 0.6) is 0 Å². The Kier molecular flexibility index (Phi) is 2.98. The first kappa shape index (κ1) is 11.2. The molecule has 1 aliphatic carbocycles. The monoisotopic (exact) mass is 198 g/mol. The van der Waals surface area contributed by atoms with Gasteiger partial charge in [-0.1, -0.05) is 0 Å². The van der Waals surface area contributed by atoms with Crippen LogP contribution in [0.4, 0.5) is 0 Å². The van der Waals surface area contributed by atoms with Gasteiger partial charge in [0.05, 0.1) is 12.5 Å². The minimum Gasteiger partial charge on any atom is -0.469 e. The summed E-state index contributed by atoms with van der Waals surface area (Å²) in [4.78, 5) is 22.5. The molecule has 0 heterocycles. The van der Waals surface area contributed by atoms with Crippen LogP contribution in [0, 0.1) is 17.3 Å². The van der Waals surface area contributed by atoms with Crippen molar-refractivity contribution in [3.8, 4) is 0 Å². The predicted molar refractivity (Wildman–Crippen MR) is 52.7 cm³/mol. The number of carbonyl (C=O) groups excluding carboxylic acids is 2. The molecule has 3 nitrogen and oxygen atoms in total. The molecule has 0 amide bonds. The lowest BCUT2D eigenvalue weighted by molar-refractivity contribution is -0.158. The first-order valence-electron chi connectivity index (χ1n) is 4.98. The summed E-state index contributed by atoms with van der Waals surface area (Å²) in [5.41, 5.74) is -0.444. The standard InChI is InChI=1S/C11H18O3/c1-7(12)8-5-9(6-8)11(2,3)10(13)14-4/h8-9H,5-6H2,1-4H3. The van der Waals surface area contributed by atoms with E-state index in [-0.39, 0.29) is 17.7 Å². The van der Waals surface area contributed by atoms with Gasteiger partial charge in [0, 0.05) is 5.92 Å². The van der Waals surface area contributed by atoms with Crippen molar-refractivity contribution >= 4 is 11.8 Å². The first-order valence-corrected chi connectivity index (χ1v) is 4.98. The van der Waals surface area contributed by atoms with Crippen LogP contribution in [0.25, 0.3) is 0 Å². The molecule has 0 aliphatic heterocycles. The average Bonchev–Trinajstić information content (AvgIpc) is 1.98. The second-order valence-electron chi connectivity index (χ2n) is 4.69. The summed E-state index contributed by atoms with van der Waals surface area (Å²) in [5.74, 6) is 0.527. The van der Waals surface area contributed by atoms with Crippen molar-refractivity contribution in [3.05, 3.63) is 0 Å². The van der Waals surface area contributed by atoms with Crippen LogP contribution >= 0.6 is 0 Å². The fourth-order valence-corrected chi connectivity index (χ4v) is 1.97. The molecule has 3 heteroatoms. The van der Waals surface area contributed by atoms with E-state index < -0.39 is 5.41 Å². The lowest BCUT2D eigenvalue weighted by atomic mass is 9.61.